The lowest BCUT2D eigenvalue weighted by Gasteiger charge is -2.07. The summed E-state index contributed by atoms with van der Waals surface area (Å²) in [5, 5.41) is 10.2. The Labute approximate surface area is 120 Å². The maximum absolute atomic E-state index is 11.0. The Balaban J connectivity index is 2.51. The van der Waals surface area contributed by atoms with Crippen LogP contribution in [-0.2, 0) is 17.8 Å². The van der Waals surface area contributed by atoms with E-state index in [0.717, 1.165) is 24.8 Å². The van der Waals surface area contributed by atoms with E-state index in [0.29, 0.717) is 5.92 Å². The van der Waals surface area contributed by atoms with Crippen LogP contribution in [0.25, 0.3) is 10.9 Å². The predicted molar refractivity (Wildman–Crippen MR) is 82.3 cm³/mol. The first-order chi connectivity index (χ1) is 9.52. The van der Waals surface area contributed by atoms with Gasteiger partial charge in [-0.15, -0.1) is 0 Å². The van der Waals surface area contributed by atoms with Crippen LogP contribution in [0.3, 0.4) is 0 Å². The molecule has 3 nitrogen and oxygen atoms in total. The van der Waals surface area contributed by atoms with E-state index in [4.69, 9.17) is 5.11 Å². The van der Waals surface area contributed by atoms with Gasteiger partial charge in [-0.05, 0) is 42.0 Å². The normalized spacial score (nSPS) is 11.4. The van der Waals surface area contributed by atoms with Gasteiger partial charge in [0.05, 0.1) is 0 Å². The molecule has 0 aliphatic heterocycles. The van der Waals surface area contributed by atoms with Gasteiger partial charge in [0.2, 0.25) is 0 Å². The summed E-state index contributed by atoms with van der Waals surface area (Å²) in [6, 6.07) is 6.39. The first kappa shape index (κ1) is 14.6. The third-order valence-electron chi connectivity index (χ3n) is 3.76. The minimum absolute atomic E-state index is 0.0314. The number of aliphatic carboxylic acids is 1. The van der Waals surface area contributed by atoms with Crippen molar-refractivity contribution < 1.29 is 9.90 Å². The van der Waals surface area contributed by atoms with Gasteiger partial charge < -0.3 is 9.67 Å². The smallest absolute Gasteiger partial charge is 0.323 e. The molecule has 1 heterocycles. The molecule has 0 atom stereocenters. The molecule has 3 heteroatoms. The van der Waals surface area contributed by atoms with Crippen molar-refractivity contribution in [2.75, 3.05) is 0 Å². The lowest BCUT2D eigenvalue weighted by molar-refractivity contribution is -0.137. The van der Waals surface area contributed by atoms with Gasteiger partial charge in [0, 0.05) is 17.1 Å². The van der Waals surface area contributed by atoms with E-state index in [1.807, 2.05) is 10.8 Å². The molecule has 0 amide bonds. The highest BCUT2D eigenvalue weighted by Crippen LogP contribution is 2.27. The molecule has 108 valence electrons. The number of carboxylic acid groups (broad SMARTS) is 1. The fourth-order valence-electron chi connectivity index (χ4n) is 2.59. The molecule has 2 rings (SSSR count). The highest BCUT2D eigenvalue weighted by atomic mass is 16.4. The third-order valence-corrected chi connectivity index (χ3v) is 3.76. The fourth-order valence-corrected chi connectivity index (χ4v) is 2.59. The molecule has 0 spiro atoms. The molecule has 2 aromatic rings. The quantitative estimate of drug-likeness (QED) is 0.857. The number of nitrogens with zero attached hydrogens (tertiary/aromatic N) is 1. The van der Waals surface area contributed by atoms with Crippen LogP contribution in [0.15, 0.2) is 24.4 Å². The van der Waals surface area contributed by atoms with Crippen molar-refractivity contribution in [3.05, 3.63) is 35.5 Å². The lowest BCUT2D eigenvalue weighted by atomic mass is 9.99. The number of rotatable bonds is 6. The number of hydrogen-bond donors (Lipinski definition) is 1. The van der Waals surface area contributed by atoms with Gasteiger partial charge in [-0.2, -0.15) is 0 Å². The van der Waals surface area contributed by atoms with Gasteiger partial charge in [-0.3, -0.25) is 4.79 Å². The Morgan fingerprint density at radius 2 is 2.10 bits per heavy atom. The highest BCUT2D eigenvalue weighted by molar-refractivity contribution is 5.86. The second kappa shape index (κ2) is 6.12. The number of aromatic nitrogens is 1. The number of aryl methyl sites for hydroxylation is 1. The Morgan fingerprint density at radius 3 is 2.70 bits per heavy atom. The molecule has 0 bridgehead atoms. The summed E-state index contributed by atoms with van der Waals surface area (Å²) in [6.45, 7) is 6.57. The molecule has 0 aliphatic rings. The second-order valence-corrected chi connectivity index (χ2v) is 5.71. The van der Waals surface area contributed by atoms with Crippen molar-refractivity contribution in [3.63, 3.8) is 0 Å². The number of carboxylic acids is 1. The second-order valence-electron chi connectivity index (χ2n) is 5.71. The zero-order valence-electron chi connectivity index (χ0n) is 12.5. The lowest BCUT2D eigenvalue weighted by Crippen LogP contribution is -2.07. The summed E-state index contributed by atoms with van der Waals surface area (Å²) < 4.78 is 1.85. The molecule has 0 fully saturated rings. The zero-order valence-corrected chi connectivity index (χ0v) is 12.5. The summed E-state index contributed by atoms with van der Waals surface area (Å²) in [5.74, 6) is -0.307. The average molecular weight is 273 g/mol. The molecule has 0 aliphatic carbocycles. The summed E-state index contributed by atoms with van der Waals surface area (Å²) in [7, 11) is 0. The zero-order chi connectivity index (χ0) is 14.7. The van der Waals surface area contributed by atoms with Crippen LogP contribution in [0.5, 0.6) is 0 Å². The van der Waals surface area contributed by atoms with Crippen LogP contribution in [-0.4, -0.2) is 15.6 Å². The Hall–Kier alpha value is -1.77. The number of unbranched alkanes of at least 4 members (excludes halogenated alkanes) is 1. The van der Waals surface area contributed by atoms with E-state index in [9.17, 15) is 4.79 Å². The summed E-state index contributed by atoms with van der Waals surface area (Å²) in [5.41, 5.74) is 3.61. The first-order valence-electron chi connectivity index (χ1n) is 7.36. The van der Waals surface area contributed by atoms with Crippen molar-refractivity contribution in [1.82, 2.24) is 4.57 Å². The van der Waals surface area contributed by atoms with E-state index in [-0.39, 0.29) is 6.54 Å². The molecule has 0 saturated carbocycles. The maximum atomic E-state index is 11.0. The summed E-state index contributed by atoms with van der Waals surface area (Å²) in [4.78, 5) is 11.0. The Kier molecular flexibility index (Phi) is 4.48. The maximum Gasteiger partial charge on any atom is 0.323 e. The Bertz CT molecular complexity index is 611. The molecule has 1 aromatic heterocycles. The van der Waals surface area contributed by atoms with Crippen LogP contribution in [0.1, 0.15) is 50.7 Å². The van der Waals surface area contributed by atoms with Gasteiger partial charge in [0.15, 0.2) is 0 Å². The van der Waals surface area contributed by atoms with Crippen LogP contribution in [0.4, 0.5) is 0 Å². The van der Waals surface area contributed by atoms with Gasteiger partial charge in [0.1, 0.15) is 6.54 Å². The van der Waals surface area contributed by atoms with Crippen molar-refractivity contribution >= 4 is 16.9 Å². The molecule has 0 radical (unpaired) electrons. The average Bonchev–Trinajstić information content (AvgIpc) is 2.73. The van der Waals surface area contributed by atoms with Crippen LogP contribution in [0, 0.1) is 0 Å². The minimum atomic E-state index is -0.795. The van der Waals surface area contributed by atoms with Gasteiger partial charge >= 0.3 is 5.97 Å². The third kappa shape index (κ3) is 3.03. The number of carbonyl (C=O) groups is 1. The van der Waals surface area contributed by atoms with E-state index in [1.165, 1.54) is 16.5 Å². The molecule has 20 heavy (non-hydrogen) atoms. The fraction of sp³-hybridized carbons (Fsp3) is 0.471. The van der Waals surface area contributed by atoms with Crippen LogP contribution >= 0.6 is 0 Å². The number of fused-ring (bicyclic) bond motifs is 1. The molecular formula is C17H23NO2. The minimum Gasteiger partial charge on any atom is -0.480 e. The van der Waals surface area contributed by atoms with Crippen LogP contribution < -0.4 is 0 Å². The van der Waals surface area contributed by atoms with E-state index >= 15 is 0 Å². The van der Waals surface area contributed by atoms with Crippen molar-refractivity contribution in [1.29, 1.82) is 0 Å². The molecule has 0 saturated heterocycles. The van der Waals surface area contributed by atoms with E-state index < -0.39 is 5.97 Å². The van der Waals surface area contributed by atoms with Crippen molar-refractivity contribution in [3.8, 4) is 0 Å². The Morgan fingerprint density at radius 1 is 1.35 bits per heavy atom. The topological polar surface area (TPSA) is 42.2 Å². The first-order valence-corrected chi connectivity index (χ1v) is 7.36. The summed E-state index contributed by atoms with van der Waals surface area (Å²) >= 11 is 0. The predicted octanol–water partition coefficient (Wildman–Crippen LogP) is 4.19. The van der Waals surface area contributed by atoms with Gasteiger partial charge in [0.25, 0.3) is 0 Å². The van der Waals surface area contributed by atoms with E-state index in [2.05, 4.69) is 39.0 Å². The standard InChI is InChI=1S/C17H23NO2/c1-4-5-6-14-10-18(11-17(19)20)16-8-7-13(12(2)3)9-15(14)16/h7-10,12H,4-6,11H2,1-3H3,(H,19,20). The monoisotopic (exact) mass is 273 g/mol. The molecule has 1 aromatic carbocycles. The molecular weight excluding hydrogens is 250 g/mol. The van der Waals surface area contributed by atoms with Gasteiger partial charge in [-0.1, -0.05) is 33.3 Å². The van der Waals surface area contributed by atoms with Crippen molar-refractivity contribution in [2.45, 2.75) is 52.5 Å². The van der Waals surface area contributed by atoms with Crippen LogP contribution in [0.2, 0.25) is 0 Å². The number of hydrogen-bond acceptors (Lipinski definition) is 1. The SMILES string of the molecule is CCCCc1cn(CC(=O)O)c2ccc(C(C)C)cc12. The number of benzene rings is 1. The largest absolute Gasteiger partial charge is 0.480 e. The van der Waals surface area contributed by atoms with Crippen molar-refractivity contribution in [2.24, 2.45) is 0 Å². The molecule has 0 unspecified atom stereocenters. The highest BCUT2D eigenvalue weighted by Gasteiger charge is 2.12. The van der Waals surface area contributed by atoms with Gasteiger partial charge in [-0.25, -0.2) is 0 Å². The van der Waals surface area contributed by atoms with E-state index in [1.54, 1.807) is 0 Å². The molecule has 1 N–H and O–H groups in total. The summed E-state index contributed by atoms with van der Waals surface area (Å²) in [6.07, 6.45) is 5.31.